The lowest BCUT2D eigenvalue weighted by Gasteiger charge is -2.35. The highest BCUT2D eigenvalue weighted by molar-refractivity contribution is 5.79. The average molecular weight is 347 g/mol. The van der Waals surface area contributed by atoms with Crippen LogP contribution >= 0.6 is 0 Å². The van der Waals surface area contributed by atoms with Crippen molar-refractivity contribution in [1.82, 2.24) is 9.80 Å². The molecule has 0 aromatic heterocycles. The van der Waals surface area contributed by atoms with Gasteiger partial charge in [-0.2, -0.15) is 0 Å². The van der Waals surface area contributed by atoms with Gasteiger partial charge in [-0.15, -0.1) is 0 Å². The van der Waals surface area contributed by atoms with Crippen molar-refractivity contribution in [3.63, 3.8) is 0 Å². The van der Waals surface area contributed by atoms with Gasteiger partial charge in [0.25, 0.3) is 0 Å². The molecule has 2 heterocycles. The van der Waals surface area contributed by atoms with Crippen molar-refractivity contribution < 1.29 is 19.1 Å². The van der Waals surface area contributed by atoms with Crippen LogP contribution in [-0.2, 0) is 16.1 Å². The number of rotatable bonds is 6. The van der Waals surface area contributed by atoms with E-state index in [2.05, 4.69) is 11.0 Å². The molecule has 1 aromatic carbocycles. The highest BCUT2D eigenvalue weighted by Gasteiger charge is 2.22. The first-order valence-corrected chi connectivity index (χ1v) is 8.71. The summed E-state index contributed by atoms with van der Waals surface area (Å²) in [6.45, 7) is 5.99. The first-order valence-electron chi connectivity index (χ1n) is 8.71. The maximum Gasteiger partial charge on any atom is 0.231 e. The molecule has 2 aliphatic rings. The van der Waals surface area contributed by atoms with Crippen molar-refractivity contribution in [2.75, 3.05) is 33.0 Å². The van der Waals surface area contributed by atoms with Gasteiger partial charge in [-0.3, -0.25) is 14.5 Å². The Kier molecular flexibility index (Phi) is 5.43. The van der Waals surface area contributed by atoms with E-state index < -0.39 is 0 Å². The standard InChI is InChI=1S/C18H25N3O4/c1-13(18(19)23)2-5-17(22)21-8-6-20(7-9-21)11-14-3-4-15-16(10-14)25-12-24-15/h3-4,10,13H,2,5-9,11-12H2,1H3,(H2,19,23)/t13-/m0/s1. The maximum absolute atomic E-state index is 12.2. The molecule has 1 atom stereocenters. The van der Waals surface area contributed by atoms with Gasteiger partial charge >= 0.3 is 0 Å². The summed E-state index contributed by atoms with van der Waals surface area (Å²) in [6, 6.07) is 6.01. The quantitative estimate of drug-likeness (QED) is 0.828. The van der Waals surface area contributed by atoms with Crippen LogP contribution in [0.5, 0.6) is 11.5 Å². The van der Waals surface area contributed by atoms with E-state index in [4.69, 9.17) is 15.2 Å². The van der Waals surface area contributed by atoms with Crippen LogP contribution in [-0.4, -0.2) is 54.6 Å². The van der Waals surface area contributed by atoms with Crippen molar-refractivity contribution >= 4 is 11.8 Å². The van der Waals surface area contributed by atoms with Crippen LogP contribution < -0.4 is 15.2 Å². The van der Waals surface area contributed by atoms with Gasteiger partial charge in [0.2, 0.25) is 18.6 Å². The summed E-state index contributed by atoms with van der Waals surface area (Å²) in [5, 5.41) is 0. The zero-order valence-electron chi connectivity index (χ0n) is 14.6. The highest BCUT2D eigenvalue weighted by Crippen LogP contribution is 2.32. The van der Waals surface area contributed by atoms with Crippen molar-refractivity contribution in [1.29, 1.82) is 0 Å². The number of amides is 2. The Morgan fingerprint density at radius 3 is 2.60 bits per heavy atom. The van der Waals surface area contributed by atoms with E-state index in [1.165, 1.54) is 5.56 Å². The van der Waals surface area contributed by atoms with E-state index in [1.807, 2.05) is 17.0 Å². The smallest absolute Gasteiger partial charge is 0.231 e. The van der Waals surface area contributed by atoms with Gasteiger partial charge < -0.3 is 20.1 Å². The Labute approximate surface area is 147 Å². The zero-order valence-corrected chi connectivity index (χ0v) is 14.6. The molecule has 0 unspecified atom stereocenters. The van der Waals surface area contributed by atoms with E-state index in [0.717, 1.165) is 31.1 Å². The summed E-state index contributed by atoms with van der Waals surface area (Å²) < 4.78 is 10.7. The first kappa shape index (κ1) is 17.5. The third kappa shape index (κ3) is 4.42. The van der Waals surface area contributed by atoms with Crippen molar-refractivity contribution in [2.45, 2.75) is 26.3 Å². The van der Waals surface area contributed by atoms with E-state index in [1.54, 1.807) is 6.92 Å². The molecule has 7 heteroatoms. The molecule has 1 saturated heterocycles. The van der Waals surface area contributed by atoms with Gasteiger partial charge in [0.05, 0.1) is 0 Å². The lowest BCUT2D eigenvalue weighted by Crippen LogP contribution is -2.48. The average Bonchev–Trinajstić information content (AvgIpc) is 3.07. The summed E-state index contributed by atoms with van der Waals surface area (Å²) in [4.78, 5) is 27.5. The Bertz CT molecular complexity index is 641. The highest BCUT2D eigenvalue weighted by atomic mass is 16.7. The zero-order chi connectivity index (χ0) is 17.8. The Morgan fingerprint density at radius 2 is 1.88 bits per heavy atom. The van der Waals surface area contributed by atoms with E-state index in [0.29, 0.717) is 25.9 Å². The van der Waals surface area contributed by atoms with Crippen molar-refractivity contribution in [3.05, 3.63) is 23.8 Å². The number of piperazine rings is 1. The van der Waals surface area contributed by atoms with Crippen LogP contribution in [0.2, 0.25) is 0 Å². The third-order valence-electron chi connectivity index (χ3n) is 4.85. The fourth-order valence-electron chi connectivity index (χ4n) is 3.09. The summed E-state index contributed by atoms with van der Waals surface area (Å²) in [7, 11) is 0. The van der Waals surface area contributed by atoms with Crippen molar-refractivity contribution in [3.8, 4) is 11.5 Å². The number of benzene rings is 1. The Balaban J connectivity index is 1.44. The predicted molar refractivity (Wildman–Crippen MR) is 92.0 cm³/mol. The minimum Gasteiger partial charge on any atom is -0.454 e. The molecule has 7 nitrogen and oxygen atoms in total. The summed E-state index contributed by atoms with van der Waals surface area (Å²) in [5.74, 6) is 1.10. The second-order valence-corrected chi connectivity index (χ2v) is 6.69. The molecule has 0 saturated carbocycles. The van der Waals surface area contributed by atoms with E-state index >= 15 is 0 Å². The molecule has 2 N–H and O–H groups in total. The molecule has 136 valence electrons. The number of ether oxygens (including phenoxy) is 2. The van der Waals surface area contributed by atoms with E-state index in [9.17, 15) is 9.59 Å². The first-order chi connectivity index (χ1) is 12.0. The topological polar surface area (TPSA) is 85.1 Å². The molecule has 1 aromatic rings. The number of carbonyl (C=O) groups excluding carboxylic acids is 2. The number of primary amides is 1. The second-order valence-electron chi connectivity index (χ2n) is 6.69. The number of nitrogens with zero attached hydrogens (tertiary/aromatic N) is 2. The Morgan fingerprint density at radius 1 is 1.16 bits per heavy atom. The van der Waals surface area contributed by atoms with Crippen LogP contribution in [0.15, 0.2) is 18.2 Å². The molecule has 2 amide bonds. The van der Waals surface area contributed by atoms with Crippen LogP contribution in [0.3, 0.4) is 0 Å². The van der Waals surface area contributed by atoms with Crippen molar-refractivity contribution in [2.24, 2.45) is 11.7 Å². The molecule has 1 fully saturated rings. The normalized spacial score (nSPS) is 18.2. The predicted octanol–water partition coefficient (Wildman–Crippen LogP) is 0.961. The van der Waals surface area contributed by atoms with Crippen LogP contribution in [0.1, 0.15) is 25.3 Å². The molecule has 25 heavy (non-hydrogen) atoms. The van der Waals surface area contributed by atoms with Crippen LogP contribution in [0.4, 0.5) is 0 Å². The van der Waals surface area contributed by atoms with Gasteiger partial charge in [0, 0.05) is 45.1 Å². The molecule has 0 radical (unpaired) electrons. The fourth-order valence-corrected chi connectivity index (χ4v) is 3.09. The van der Waals surface area contributed by atoms with Crippen LogP contribution in [0.25, 0.3) is 0 Å². The number of nitrogens with two attached hydrogens (primary N) is 1. The number of hydrogen-bond donors (Lipinski definition) is 1. The fraction of sp³-hybridized carbons (Fsp3) is 0.556. The molecule has 3 rings (SSSR count). The van der Waals surface area contributed by atoms with Gasteiger partial charge in [-0.25, -0.2) is 0 Å². The van der Waals surface area contributed by atoms with E-state index in [-0.39, 0.29) is 24.5 Å². The van der Waals surface area contributed by atoms with Crippen LogP contribution in [0, 0.1) is 5.92 Å². The minimum atomic E-state index is -0.346. The molecular weight excluding hydrogens is 322 g/mol. The largest absolute Gasteiger partial charge is 0.454 e. The molecular formula is C18H25N3O4. The minimum absolute atomic E-state index is 0.107. The summed E-state index contributed by atoms with van der Waals surface area (Å²) in [5.41, 5.74) is 6.42. The molecule has 2 aliphatic heterocycles. The van der Waals surface area contributed by atoms with Gasteiger partial charge in [0.1, 0.15) is 0 Å². The maximum atomic E-state index is 12.2. The third-order valence-corrected chi connectivity index (χ3v) is 4.85. The molecule has 0 aliphatic carbocycles. The monoisotopic (exact) mass is 347 g/mol. The lowest BCUT2D eigenvalue weighted by molar-refractivity contribution is -0.133. The summed E-state index contributed by atoms with van der Waals surface area (Å²) >= 11 is 0. The van der Waals surface area contributed by atoms with Gasteiger partial charge in [-0.1, -0.05) is 13.0 Å². The van der Waals surface area contributed by atoms with Gasteiger partial charge in [-0.05, 0) is 24.1 Å². The second kappa shape index (κ2) is 7.74. The lowest BCUT2D eigenvalue weighted by atomic mass is 10.0. The summed E-state index contributed by atoms with van der Waals surface area (Å²) in [6.07, 6.45) is 0.901. The molecule has 0 spiro atoms. The number of carbonyl (C=O) groups is 2. The number of fused-ring (bicyclic) bond motifs is 1. The molecule has 0 bridgehead atoms. The Hall–Kier alpha value is -2.28. The SMILES string of the molecule is C[C@@H](CCC(=O)N1CCN(Cc2ccc3c(c2)OCO3)CC1)C(N)=O. The number of hydrogen-bond acceptors (Lipinski definition) is 5. The van der Waals surface area contributed by atoms with Gasteiger partial charge in [0.15, 0.2) is 11.5 Å².